The summed E-state index contributed by atoms with van der Waals surface area (Å²) in [5.74, 6) is -4.33. The number of hydrogen-bond acceptors (Lipinski definition) is 2. The first-order valence-electron chi connectivity index (χ1n) is 9.60. The zero-order valence-electron chi connectivity index (χ0n) is 15.9. The average Bonchev–Trinajstić information content (AvgIpc) is 2.70. The number of halogens is 6. The quantitative estimate of drug-likeness (QED) is 0.533. The van der Waals surface area contributed by atoms with Crippen LogP contribution in [0, 0.1) is 23.5 Å². The Hall–Kier alpha value is -2.10. The molecular formula is C19H21ClF5N3O2. The van der Waals surface area contributed by atoms with Crippen LogP contribution in [-0.2, 0) is 4.79 Å². The third-order valence-electron chi connectivity index (χ3n) is 5.71. The highest BCUT2D eigenvalue weighted by molar-refractivity contribution is 6.31. The highest BCUT2D eigenvalue weighted by Crippen LogP contribution is 2.44. The number of nitrogens with zero attached hydrogens (tertiary/aromatic N) is 1. The molecule has 2 aliphatic rings. The monoisotopic (exact) mass is 453 g/mol. The minimum Gasteiger partial charge on any atom is -0.353 e. The summed E-state index contributed by atoms with van der Waals surface area (Å²) in [6, 6.07) is 0.443. The molecule has 0 bridgehead atoms. The lowest BCUT2D eigenvalue weighted by molar-refractivity contribution is -0.184. The summed E-state index contributed by atoms with van der Waals surface area (Å²) in [4.78, 5) is 25.5. The lowest BCUT2D eigenvalue weighted by Gasteiger charge is -2.37. The van der Waals surface area contributed by atoms with Crippen LogP contribution in [0.4, 0.5) is 26.7 Å². The standard InChI is InChI=1S/C19H21ClF5N3O2/c20-15-13(21)6-5-12(16(15)22)17(10-1-3-11(4-2-10)19(23,24)25)27-18(30)28-8-7-26-14(29)9-28/h5-6,10-11,17H,1-4,7-9H2,(H,26,29)(H,27,30)/t10-,11-,17-/m1/s1. The predicted octanol–water partition coefficient (Wildman–Crippen LogP) is 4.17. The molecule has 0 aromatic heterocycles. The van der Waals surface area contributed by atoms with E-state index in [-0.39, 0.29) is 56.8 Å². The Balaban J connectivity index is 1.83. The fourth-order valence-electron chi connectivity index (χ4n) is 4.05. The van der Waals surface area contributed by atoms with E-state index in [4.69, 9.17) is 11.6 Å². The maximum atomic E-state index is 14.7. The Morgan fingerprint density at radius 3 is 2.47 bits per heavy atom. The van der Waals surface area contributed by atoms with Gasteiger partial charge in [-0.3, -0.25) is 4.79 Å². The van der Waals surface area contributed by atoms with Gasteiger partial charge in [-0.1, -0.05) is 17.7 Å². The van der Waals surface area contributed by atoms with Crippen LogP contribution in [0.1, 0.15) is 37.3 Å². The van der Waals surface area contributed by atoms with Gasteiger partial charge in [-0.15, -0.1) is 0 Å². The SMILES string of the molecule is O=C1CN(C(=O)N[C@@H](c2ccc(F)c(Cl)c2F)[C@H]2CC[C@H](C(F)(F)F)CC2)CCN1. The van der Waals surface area contributed by atoms with Gasteiger partial charge in [0, 0.05) is 18.7 Å². The molecule has 1 saturated heterocycles. The Morgan fingerprint density at radius 2 is 1.87 bits per heavy atom. The first-order chi connectivity index (χ1) is 14.1. The van der Waals surface area contributed by atoms with Crippen LogP contribution in [-0.4, -0.2) is 42.6 Å². The smallest absolute Gasteiger partial charge is 0.353 e. The number of urea groups is 1. The van der Waals surface area contributed by atoms with Gasteiger partial charge < -0.3 is 15.5 Å². The highest BCUT2D eigenvalue weighted by atomic mass is 35.5. The largest absolute Gasteiger partial charge is 0.391 e. The van der Waals surface area contributed by atoms with E-state index < -0.39 is 46.7 Å². The van der Waals surface area contributed by atoms with E-state index in [9.17, 15) is 31.5 Å². The lowest BCUT2D eigenvalue weighted by atomic mass is 9.76. The summed E-state index contributed by atoms with van der Waals surface area (Å²) in [7, 11) is 0. The van der Waals surface area contributed by atoms with Gasteiger partial charge in [-0.25, -0.2) is 13.6 Å². The summed E-state index contributed by atoms with van der Waals surface area (Å²) in [5, 5.41) is 4.47. The fourth-order valence-corrected chi connectivity index (χ4v) is 4.22. The van der Waals surface area contributed by atoms with Crippen molar-refractivity contribution in [2.45, 2.75) is 37.9 Å². The minimum absolute atomic E-state index is 0.0910. The number of nitrogens with one attached hydrogen (secondary N) is 2. The van der Waals surface area contributed by atoms with Gasteiger partial charge in [-0.05, 0) is 37.7 Å². The third kappa shape index (κ3) is 4.96. The topological polar surface area (TPSA) is 61.4 Å². The van der Waals surface area contributed by atoms with Gasteiger partial charge in [0.1, 0.15) is 23.2 Å². The molecule has 0 spiro atoms. The Labute approximate surface area is 174 Å². The molecule has 1 atom stereocenters. The van der Waals surface area contributed by atoms with E-state index >= 15 is 0 Å². The van der Waals surface area contributed by atoms with Gasteiger partial charge in [0.05, 0.1) is 12.0 Å². The molecule has 1 aromatic rings. The molecule has 1 aromatic carbocycles. The number of carbonyl (C=O) groups is 2. The summed E-state index contributed by atoms with van der Waals surface area (Å²) in [5.41, 5.74) is -0.0910. The number of alkyl halides is 3. The van der Waals surface area contributed by atoms with Gasteiger partial charge in [0.15, 0.2) is 0 Å². The zero-order chi connectivity index (χ0) is 22.1. The summed E-state index contributed by atoms with van der Waals surface area (Å²) in [6.07, 6.45) is -4.41. The third-order valence-corrected chi connectivity index (χ3v) is 6.06. The summed E-state index contributed by atoms with van der Waals surface area (Å²) >= 11 is 5.68. The predicted molar refractivity (Wildman–Crippen MR) is 98.7 cm³/mol. The van der Waals surface area contributed by atoms with Crippen LogP contribution in [0.15, 0.2) is 12.1 Å². The molecule has 1 heterocycles. The van der Waals surface area contributed by atoms with Crippen LogP contribution in [0.2, 0.25) is 5.02 Å². The fraction of sp³-hybridized carbons (Fsp3) is 0.579. The Kier molecular flexibility index (Phi) is 6.74. The van der Waals surface area contributed by atoms with Crippen LogP contribution < -0.4 is 10.6 Å². The Morgan fingerprint density at radius 1 is 1.20 bits per heavy atom. The second-order valence-corrected chi connectivity index (χ2v) is 7.99. The van der Waals surface area contributed by atoms with Crippen molar-refractivity contribution in [3.8, 4) is 0 Å². The van der Waals surface area contributed by atoms with Crippen molar-refractivity contribution in [3.05, 3.63) is 34.4 Å². The van der Waals surface area contributed by atoms with Crippen molar-refractivity contribution in [1.82, 2.24) is 15.5 Å². The number of benzene rings is 1. The van der Waals surface area contributed by atoms with Crippen LogP contribution in [0.5, 0.6) is 0 Å². The molecule has 1 saturated carbocycles. The van der Waals surface area contributed by atoms with E-state index in [1.54, 1.807) is 0 Å². The molecule has 0 radical (unpaired) electrons. The van der Waals surface area contributed by atoms with Crippen molar-refractivity contribution < 1.29 is 31.5 Å². The van der Waals surface area contributed by atoms with Gasteiger partial charge in [0.25, 0.3) is 0 Å². The molecule has 11 heteroatoms. The molecule has 166 valence electrons. The van der Waals surface area contributed by atoms with Crippen LogP contribution in [0.3, 0.4) is 0 Å². The molecule has 0 unspecified atom stereocenters. The van der Waals surface area contributed by atoms with Crippen molar-refractivity contribution >= 4 is 23.5 Å². The molecular weight excluding hydrogens is 433 g/mol. The first-order valence-corrected chi connectivity index (χ1v) is 9.98. The van der Waals surface area contributed by atoms with Gasteiger partial charge in [-0.2, -0.15) is 13.2 Å². The van der Waals surface area contributed by atoms with E-state index in [1.807, 2.05) is 0 Å². The first kappa shape index (κ1) is 22.6. The summed E-state index contributed by atoms with van der Waals surface area (Å²) in [6.45, 7) is 0.300. The number of rotatable bonds is 3. The highest BCUT2D eigenvalue weighted by Gasteiger charge is 2.43. The second-order valence-electron chi connectivity index (χ2n) is 7.62. The molecule has 1 aliphatic carbocycles. The molecule has 2 N–H and O–H groups in total. The number of carbonyl (C=O) groups excluding carboxylic acids is 2. The van der Waals surface area contributed by atoms with Crippen molar-refractivity contribution in [2.75, 3.05) is 19.6 Å². The minimum atomic E-state index is -4.31. The van der Waals surface area contributed by atoms with E-state index in [0.29, 0.717) is 0 Å². The van der Waals surface area contributed by atoms with E-state index in [1.165, 1.54) is 4.90 Å². The van der Waals surface area contributed by atoms with E-state index in [0.717, 1.165) is 12.1 Å². The van der Waals surface area contributed by atoms with Crippen LogP contribution in [0.25, 0.3) is 0 Å². The molecule has 5 nitrogen and oxygen atoms in total. The number of amides is 3. The lowest BCUT2D eigenvalue weighted by Crippen LogP contribution is -2.54. The van der Waals surface area contributed by atoms with Crippen molar-refractivity contribution in [1.29, 1.82) is 0 Å². The molecule has 3 amide bonds. The van der Waals surface area contributed by atoms with E-state index in [2.05, 4.69) is 10.6 Å². The normalized spacial score (nSPS) is 23.7. The maximum absolute atomic E-state index is 14.7. The van der Waals surface area contributed by atoms with Gasteiger partial charge >= 0.3 is 12.2 Å². The van der Waals surface area contributed by atoms with Crippen molar-refractivity contribution in [2.24, 2.45) is 11.8 Å². The molecule has 1 aliphatic heterocycles. The van der Waals surface area contributed by atoms with Crippen LogP contribution >= 0.6 is 11.6 Å². The Bertz CT molecular complexity index is 812. The zero-order valence-corrected chi connectivity index (χ0v) is 16.6. The molecule has 30 heavy (non-hydrogen) atoms. The molecule has 2 fully saturated rings. The average molecular weight is 454 g/mol. The maximum Gasteiger partial charge on any atom is 0.391 e. The number of hydrogen-bond donors (Lipinski definition) is 2. The summed E-state index contributed by atoms with van der Waals surface area (Å²) < 4.78 is 67.3. The second kappa shape index (κ2) is 8.95. The number of piperazine rings is 1. The van der Waals surface area contributed by atoms with Gasteiger partial charge in [0.2, 0.25) is 5.91 Å². The van der Waals surface area contributed by atoms with Crippen molar-refractivity contribution in [3.63, 3.8) is 0 Å². The molecule has 3 rings (SSSR count).